The molecule has 0 amide bonds. The van der Waals surface area contributed by atoms with Crippen LogP contribution in [0.5, 0.6) is 0 Å². The predicted molar refractivity (Wildman–Crippen MR) is 258 cm³/mol. The van der Waals surface area contributed by atoms with Gasteiger partial charge in [-0.05, 0) is 62.7 Å². The van der Waals surface area contributed by atoms with Crippen molar-refractivity contribution in [2.24, 2.45) is 0 Å². The zero-order valence-electron chi connectivity index (χ0n) is 33.9. The van der Waals surface area contributed by atoms with Crippen molar-refractivity contribution in [1.29, 1.82) is 0 Å². The molecule has 0 aliphatic carbocycles. The molecule has 2 aromatic heterocycles. The third kappa shape index (κ3) is 7.12. The summed E-state index contributed by atoms with van der Waals surface area (Å²) in [6.45, 7) is 0. The van der Waals surface area contributed by atoms with Crippen molar-refractivity contribution < 1.29 is 0 Å². The second-order valence-electron chi connectivity index (χ2n) is 15.6. The van der Waals surface area contributed by atoms with Crippen LogP contribution in [0.25, 0.3) is 111 Å². The first kappa shape index (κ1) is 36.8. The van der Waals surface area contributed by atoms with E-state index in [1.54, 1.807) is 0 Å². The molecule has 0 aliphatic rings. The Morgan fingerprint density at radius 1 is 0.242 bits per heavy atom. The molecule has 2 heterocycles. The number of benzene rings is 9. The van der Waals surface area contributed by atoms with E-state index >= 15 is 0 Å². The molecule has 0 aliphatic heterocycles. The van der Waals surface area contributed by atoms with Crippen molar-refractivity contribution in [3.63, 3.8) is 0 Å². The van der Waals surface area contributed by atoms with Crippen LogP contribution in [0.15, 0.2) is 237 Å². The first-order chi connectivity index (χ1) is 30.7. The van der Waals surface area contributed by atoms with E-state index < -0.39 is 0 Å². The van der Waals surface area contributed by atoms with Gasteiger partial charge in [-0.15, -0.1) is 0 Å². The number of hydrogen-bond acceptors (Lipinski definition) is 3. The lowest BCUT2D eigenvalue weighted by Gasteiger charge is -2.15. The molecule has 0 N–H and O–H groups in total. The molecule has 0 radical (unpaired) electrons. The monoisotopic (exact) mass is 789 g/mol. The highest BCUT2D eigenvalue weighted by Gasteiger charge is 2.16. The minimum Gasteiger partial charge on any atom is -0.247 e. The Labute approximate surface area is 361 Å². The maximum absolute atomic E-state index is 5.19. The number of nitrogens with zero attached hydrogens (tertiary/aromatic N) is 3. The number of rotatable bonds is 8. The average Bonchev–Trinajstić information content (AvgIpc) is 3.37. The van der Waals surface area contributed by atoms with Gasteiger partial charge in [0, 0.05) is 38.4 Å². The molecule has 9 aromatic carbocycles. The summed E-state index contributed by atoms with van der Waals surface area (Å²) in [7, 11) is 0. The molecule has 11 aromatic rings. The molecule has 3 nitrogen and oxygen atoms in total. The van der Waals surface area contributed by atoms with Crippen LogP contribution in [0.4, 0.5) is 0 Å². The third-order valence-corrected chi connectivity index (χ3v) is 11.7. The van der Waals surface area contributed by atoms with Gasteiger partial charge in [0.2, 0.25) is 0 Å². The first-order valence-corrected chi connectivity index (χ1v) is 21.0. The number of hydrogen-bond donors (Lipinski definition) is 0. The minimum absolute atomic E-state index is 0.689. The Balaban J connectivity index is 0.966. The number of pyridine rings is 1. The van der Waals surface area contributed by atoms with Crippen molar-refractivity contribution in [3.8, 4) is 89.7 Å². The van der Waals surface area contributed by atoms with Crippen LogP contribution in [0.1, 0.15) is 0 Å². The van der Waals surface area contributed by atoms with Crippen LogP contribution < -0.4 is 0 Å². The standard InChI is InChI=1S/C59H39N3/c1-4-14-40(15-5-1)42-26-32-45(33-27-42)55-39-56(62-59(61-55)48-36-30-43(31-37-48)41-16-6-2-7-17-41)46-34-28-44(29-35-46)49-20-12-21-50(38-49)51-23-13-24-53-57(51)52-22-10-11-25-54(52)60-58(53)47-18-8-3-9-19-47/h1-39H. The van der Waals surface area contributed by atoms with Crippen molar-refractivity contribution >= 4 is 21.7 Å². The highest BCUT2D eigenvalue weighted by molar-refractivity contribution is 6.17. The Bertz CT molecular complexity index is 3240. The highest BCUT2D eigenvalue weighted by atomic mass is 14.9. The van der Waals surface area contributed by atoms with E-state index in [0.717, 1.165) is 77.9 Å². The van der Waals surface area contributed by atoms with Crippen LogP contribution in [-0.2, 0) is 0 Å². The molecule has 3 heteroatoms. The van der Waals surface area contributed by atoms with Crippen molar-refractivity contribution in [1.82, 2.24) is 15.0 Å². The Kier molecular flexibility index (Phi) is 9.53. The SMILES string of the molecule is c1ccc(-c2ccc(-c3cc(-c4ccc(-c5cccc(-c6cccc7c(-c8ccccc8)nc8ccccc8c67)c5)cc4)nc(-c4ccc(-c5ccccc5)cc4)n3)cc2)cc1. The Morgan fingerprint density at radius 3 is 1.26 bits per heavy atom. The van der Waals surface area contributed by atoms with Gasteiger partial charge in [0.05, 0.1) is 22.6 Å². The van der Waals surface area contributed by atoms with E-state index in [0.29, 0.717) is 5.82 Å². The predicted octanol–water partition coefficient (Wildman–Crippen LogP) is 15.5. The summed E-state index contributed by atoms with van der Waals surface area (Å²) in [5, 5.41) is 3.50. The lowest BCUT2D eigenvalue weighted by atomic mass is 9.91. The minimum atomic E-state index is 0.689. The fourth-order valence-corrected chi connectivity index (χ4v) is 8.54. The molecular weight excluding hydrogens is 751 g/mol. The van der Waals surface area contributed by atoms with Gasteiger partial charge in [-0.3, -0.25) is 0 Å². The van der Waals surface area contributed by atoms with Crippen molar-refractivity contribution in [2.45, 2.75) is 0 Å². The second kappa shape index (κ2) is 16.1. The summed E-state index contributed by atoms with van der Waals surface area (Å²) < 4.78 is 0. The molecule has 0 atom stereocenters. The summed E-state index contributed by atoms with van der Waals surface area (Å²) in [6.07, 6.45) is 0. The number of para-hydroxylation sites is 1. The lowest BCUT2D eigenvalue weighted by molar-refractivity contribution is 1.18. The molecule has 0 fully saturated rings. The summed E-state index contributed by atoms with van der Waals surface area (Å²) in [5.74, 6) is 0.689. The van der Waals surface area contributed by atoms with E-state index in [2.05, 4.69) is 224 Å². The van der Waals surface area contributed by atoms with Gasteiger partial charge in [0.15, 0.2) is 5.82 Å². The van der Waals surface area contributed by atoms with Gasteiger partial charge in [0.25, 0.3) is 0 Å². The number of aromatic nitrogens is 3. The summed E-state index contributed by atoms with van der Waals surface area (Å²) >= 11 is 0. The van der Waals surface area contributed by atoms with Gasteiger partial charge in [0.1, 0.15) is 0 Å². The van der Waals surface area contributed by atoms with E-state index in [1.165, 1.54) is 27.6 Å². The molecule has 0 saturated heterocycles. The average molecular weight is 790 g/mol. The maximum atomic E-state index is 5.19. The van der Waals surface area contributed by atoms with Gasteiger partial charge >= 0.3 is 0 Å². The van der Waals surface area contributed by atoms with E-state index in [-0.39, 0.29) is 0 Å². The largest absolute Gasteiger partial charge is 0.247 e. The maximum Gasteiger partial charge on any atom is 0.160 e. The summed E-state index contributed by atoms with van der Waals surface area (Å²) in [4.78, 5) is 15.5. The van der Waals surface area contributed by atoms with Crippen molar-refractivity contribution in [2.75, 3.05) is 0 Å². The van der Waals surface area contributed by atoms with Gasteiger partial charge < -0.3 is 0 Å². The lowest BCUT2D eigenvalue weighted by Crippen LogP contribution is -1.96. The molecule has 11 rings (SSSR count). The molecule has 0 bridgehead atoms. The molecule has 0 unspecified atom stereocenters. The normalized spacial score (nSPS) is 11.2. The summed E-state index contributed by atoms with van der Waals surface area (Å²) in [6, 6.07) is 83.4. The summed E-state index contributed by atoms with van der Waals surface area (Å²) in [5.41, 5.74) is 17.2. The van der Waals surface area contributed by atoms with Gasteiger partial charge in [-0.25, -0.2) is 15.0 Å². The molecule has 0 spiro atoms. The zero-order chi connectivity index (χ0) is 41.2. The van der Waals surface area contributed by atoms with Crippen LogP contribution in [0.3, 0.4) is 0 Å². The molecule has 0 saturated carbocycles. The van der Waals surface area contributed by atoms with Crippen molar-refractivity contribution in [3.05, 3.63) is 237 Å². The Hall–Kier alpha value is -8.27. The molecule has 62 heavy (non-hydrogen) atoms. The van der Waals surface area contributed by atoms with E-state index in [4.69, 9.17) is 15.0 Å². The topological polar surface area (TPSA) is 38.7 Å². The zero-order valence-corrected chi connectivity index (χ0v) is 33.9. The van der Waals surface area contributed by atoms with Gasteiger partial charge in [-0.2, -0.15) is 0 Å². The third-order valence-electron chi connectivity index (χ3n) is 11.7. The highest BCUT2D eigenvalue weighted by Crippen LogP contribution is 2.40. The Morgan fingerprint density at radius 2 is 0.661 bits per heavy atom. The fraction of sp³-hybridized carbons (Fsp3) is 0. The van der Waals surface area contributed by atoms with Crippen LogP contribution in [-0.4, -0.2) is 15.0 Å². The smallest absolute Gasteiger partial charge is 0.160 e. The van der Waals surface area contributed by atoms with Crippen LogP contribution in [0.2, 0.25) is 0 Å². The van der Waals surface area contributed by atoms with Gasteiger partial charge in [-0.1, -0.05) is 218 Å². The quantitative estimate of drug-likeness (QED) is 0.144. The van der Waals surface area contributed by atoms with Crippen LogP contribution in [0, 0.1) is 0 Å². The van der Waals surface area contributed by atoms with Crippen LogP contribution >= 0.6 is 0 Å². The van der Waals surface area contributed by atoms with E-state index in [1.807, 2.05) is 12.1 Å². The first-order valence-electron chi connectivity index (χ1n) is 21.0. The van der Waals surface area contributed by atoms with E-state index in [9.17, 15) is 0 Å². The number of fused-ring (bicyclic) bond motifs is 3. The molecule has 290 valence electrons. The second-order valence-corrected chi connectivity index (χ2v) is 15.6. The molecular formula is C59H39N3. The fourth-order valence-electron chi connectivity index (χ4n) is 8.54.